The van der Waals surface area contributed by atoms with Gasteiger partial charge in [0.05, 0.1) is 77.6 Å². The molecule has 2 fully saturated rings. The van der Waals surface area contributed by atoms with E-state index >= 15 is 0 Å². The highest BCUT2D eigenvalue weighted by Gasteiger charge is 2.58. The van der Waals surface area contributed by atoms with Crippen LogP contribution in [0.15, 0.2) is 212 Å². The molecule has 11 nitrogen and oxygen atoms in total. The summed E-state index contributed by atoms with van der Waals surface area (Å²) >= 11 is 0. The topological polar surface area (TPSA) is 113 Å². The number of benzene rings is 7. The van der Waals surface area contributed by atoms with E-state index in [0.29, 0.717) is 13.2 Å². The van der Waals surface area contributed by atoms with Crippen LogP contribution in [0.4, 0.5) is 0 Å². The number of hydrogen-bond acceptors (Lipinski definition) is 11. The van der Waals surface area contributed by atoms with Gasteiger partial charge in [-0.05, 0) is 58.6 Å². The summed E-state index contributed by atoms with van der Waals surface area (Å²) in [7, 11) is -2.50. The summed E-state index contributed by atoms with van der Waals surface area (Å²) in [5.41, 5.74) is 6.85. The lowest BCUT2D eigenvalue weighted by atomic mass is 9.80. The molecule has 0 aromatic heterocycles. The van der Waals surface area contributed by atoms with Crippen molar-refractivity contribution in [1.29, 1.82) is 0 Å². The minimum Gasteiger partial charge on any atom is -0.409 e. The summed E-state index contributed by atoms with van der Waals surface area (Å²) in [5.74, 6) is -0.936. The molecular weight excluding hydrogens is 985 g/mol. The standard InChI is InChI=1S/C65H74O11Si/c1-77(2,3)76-64-62(74-55(46-67-39-48-25-11-4-12-26-48)60(70-42-51-31-17-7-18-32-51)63(64)72-44-53-35-21-9-22-36-53)58(66)57-61(71-43-52-33-19-8-20-34-52)59(69-41-50-29-15-6-16-30-50)56(47-68-40-49-27-13-5-14-28-49)75-65(57)73-45-54-37-23-10-24-38-54/h4-38,55-66H,39-47H2,1-3H3/t55-,56-,57-,58?,59-,60-,61-,62-,63+,64-,65+/m1/s1. The van der Waals surface area contributed by atoms with Gasteiger partial charge in [-0.1, -0.05) is 212 Å². The van der Waals surface area contributed by atoms with E-state index in [1.165, 1.54) is 0 Å². The van der Waals surface area contributed by atoms with Crippen LogP contribution in [0.5, 0.6) is 0 Å². The highest BCUT2D eigenvalue weighted by molar-refractivity contribution is 6.69. The molecule has 0 spiro atoms. The number of aliphatic hydroxyl groups is 1. The molecule has 1 N–H and O–H groups in total. The largest absolute Gasteiger partial charge is 0.409 e. The predicted molar refractivity (Wildman–Crippen MR) is 299 cm³/mol. The summed E-state index contributed by atoms with van der Waals surface area (Å²) in [6.45, 7) is 8.50. The van der Waals surface area contributed by atoms with Crippen LogP contribution in [0.3, 0.4) is 0 Å². The molecule has 9 rings (SSSR count). The van der Waals surface area contributed by atoms with Gasteiger partial charge in [0.2, 0.25) is 0 Å². The Morgan fingerprint density at radius 1 is 0.364 bits per heavy atom. The maximum absolute atomic E-state index is 13.9. The smallest absolute Gasteiger partial charge is 0.184 e. The average Bonchev–Trinajstić information content (AvgIpc) is 3.46. The lowest BCUT2D eigenvalue weighted by Crippen LogP contribution is -2.69. The summed E-state index contributed by atoms with van der Waals surface area (Å²) in [4.78, 5) is 0. The van der Waals surface area contributed by atoms with E-state index in [0.717, 1.165) is 38.9 Å². The normalized spacial score (nSPS) is 24.1. The van der Waals surface area contributed by atoms with Gasteiger partial charge in [-0.25, -0.2) is 0 Å². The molecule has 0 saturated carbocycles. The van der Waals surface area contributed by atoms with Gasteiger partial charge in [0, 0.05) is 0 Å². The molecule has 0 amide bonds. The van der Waals surface area contributed by atoms with Crippen molar-refractivity contribution in [1.82, 2.24) is 0 Å². The van der Waals surface area contributed by atoms with Crippen LogP contribution in [0.1, 0.15) is 38.9 Å². The SMILES string of the molecule is C[Si](C)(C)O[C@H]1[C@@H](OCc2ccccc2)[C@H](OCc2ccccc2)[C@@H](COCc2ccccc2)O[C@@H]1C(O)[C@H]1[C@@H](OCc2ccccc2)O[C@H](COCc2ccccc2)[C@@H](OCc2ccccc2)[C@@H]1OCc1ccccc1. The van der Waals surface area contributed by atoms with Crippen molar-refractivity contribution in [3.63, 3.8) is 0 Å². The minimum absolute atomic E-state index is 0.120. The molecule has 2 aliphatic heterocycles. The average molecular weight is 1060 g/mol. The zero-order chi connectivity index (χ0) is 53.1. The van der Waals surface area contributed by atoms with Crippen LogP contribution in [-0.4, -0.2) is 87.9 Å². The van der Waals surface area contributed by atoms with E-state index in [-0.39, 0.29) is 46.2 Å². The Hall–Kier alpha value is -5.68. The first-order valence-corrected chi connectivity index (χ1v) is 30.3. The van der Waals surface area contributed by atoms with Crippen LogP contribution in [0.25, 0.3) is 0 Å². The quantitative estimate of drug-likeness (QED) is 0.0497. The van der Waals surface area contributed by atoms with Crippen molar-refractivity contribution in [2.24, 2.45) is 5.92 Å². The van der Waals surface area contributed by atoms with E-state index < -0.39 is 75.5 Å². The maximum atomic E-state index is 13.9. The second-order valence-electron chi connectivity index (χ2n) is 20.8. The molecular formula is C65H74O11Si. The molecule has 7 aromatic carbocycles. The molecule has 12 heteroatoms. The number of ether oxygens (including phenoxy) is 9. The molecule has 2 heterocycles. The van der Waals surface area contributed by atoms with Crippen molar-refractivity contribution in [2.45, 2.75) is 127 Å². The molecule has 11 atom stereocenters. The van der Waals surface area contributed by atoms with Crippen molar-refractivity contribution in [2.75, 3.05) is 13.2 Å². The predicted octanol–water partition coefficient (Wildman–Crippen LogP) is 11.7. The van der Waals surface area contributed by atoms with Gasteiger partial charge in [0.1, 0.15) is 42.7 Å². The molecule has 0 aliphatic carbocycles. The van der Waals surface area contributed by atoms with Crippen LogP contribution in [-0.2, 0) is 93.3 Å². The maximum Gasteiger partial charge on any atom is 0.184 e. The first kappa shape index (κ1) is 56.1. The number of rotatable bonds is 27. The lowest BCUT2D eigenvalue weighted by Gasteiger charge is -2.53. The van der Waals surface area contributed by atoms with Gasteiger partial charge in [-0.15, -0.1) is 0 Å². The third-order valence-corrected chi connectivity index (χ3v) is 14.7. The van der Waals surface area contributed by atoms with Gasteiger partial charge in [-0.2, -0.15) is 0 Å². The molecule has 2 aliphatic rings. The van der Waals surface area contributed by atoms with Crippen molar-refractivity contribution in [3.05, 3.63) is 251 Å². The van der Waals surface area contributed by atoms with Gasteiger partial charge in [0.25, 0.3) is 0 Å². The Morgan fingerprint density at radius 3 is 1.03 bits per heavy atom. The Kier molecular flexibility index (Phi) is 21.0. The third-order valence-electron chi connectivity index (χ3n) is 13.8. The summed E-state index contributed by atoms with van der Waals surface area (Å²) in [6, 6.07) is 70.2. The molecule has 77 heavy (non-hydrogen) atoms. The van der Waals surface area contributed by atoms with Crippen molar-refractivity contribution in [3.8, 4) is 0 Å². The van der Waals surface area contributed by atoms with Gasteiger partial charge < -0.3 is 52.2 Å². The van der Waals surface area contributed by atoms with Gasteiger partial charge in [0.15, 0.2) is 14.6 Å². The van der Waals surface area contributed by atoms with Gasteiger partial charge in [-0.3, -0.25) is 0 Å². The zero-order valence-electron chi connectivity index (χ0n) is 44.5. The zero-order valence-corrected chi connectivity index (χ0v) is 45.5. The fraction of sp³-hybridized carbons (Fsp3) is 0.354. The fourth-order valence-electron chi connectivity index (χ4n) is 10.0. The highest BCUT2D eigenvalue weighted by atomic mass is 28.4. The Balaban J connectivity index is 1.14. The third kappa shape index (κ3) is 16.7. The molecule has 2 saturated heterocycles. The van der Waals surface area contributed by atoms with E-state index in [2.05, 4.69) is 19.6 Å². The minimum atomic E-state index is -2.50. The lowest BCUT2D eigenvalue weighted by molar-refractivity contribution is -0.338. The van der Waals surface area contributed by atoms with E-state index in [9.17, 15) is 5.11 Å². The number of hydrogen-bond donors (Lipinski definition) is 1. The molecule has 404 valence electrons. The first-order chi connectivity index (χ1) is 37.7. The second-order valence-corrected chi connectivity index (χ2v) is 25.2. The van der Waals surface area contributed by atoms with Gasteiger partial charge >= 0.3 is 0 Å². The van der Waals surface area contributed by atoms with E-state index in [1.807, 2.05) is 212 Å². The highest BCUT2D eigenvalue weighted by Crippen LogP contribution is 2.41. The molecule has 0 radical (unpaired) electrons. The van der Waals surface area contributed by atoms with Crippen LogP contribution < -0.4 is 0 Å². The Bertz CT molecular complexity index is 2710. The van der Waals surface area contributed by atoms with Crippen molar-refractivity contribution < 1.29 is 52.2 Å². The monoisotopic (exact) mass is 1060 g/mol. The fourth-order valence-corrected chi connectivity index (χ4v) is 11.1. The molecule has 7 aromatic rings. The first-order valence-electron chi connectivity index (χ1n) is 26.9. The summed E-state index contributed by atoms with van der Waals surface area (Å²) in [6.07, 6.45) is -8.88. The summed E-state index contributed by atoms with van der Waals surface area (Å²) in [5, 5.41) is 13.9. The van der Waals surface area contributed by atoms with E-state index in [1.54, 1.807) is 0 Å². The van der Waals surface area contributed by atoms with Crippen LogP contribution >= 0.6 is 0 Å². The van der Waals surface area contributed by atoms with Crippen LogP contribution in [0, 0.1) is 5.92 Å². The summed E-state index contributed by atoms with van der Waals surface area (Å²) < 4.78 is 70.4. The number of aliphatic hydroxyl groups excluding tert-OH is 1. The Labute approximate surface area is 456 Å². The Morgan fingerprint density at radius 2 is 0.662 bits per heavy atom. The molecule has 0 bridgehead atoms. The van der Waals surface area contributed by atoms with E-state index in [4.69, 9.17) is 47.1 Å². The second kappa shape index (κ2) is 28.8. The van der Waals surface area contributed by atoms with Crippen LogP contribution in [0.2, 0.25) is 19.6 Å². The van der Waals surface area contributed by atoms with Crippen molar-refractivity contribution >= 4 is 8.32 Å². The molecule has 1 unspecified atom stereocenters.